The van der Waals surface area contributed by atoms with Gasteiger partial charge >= 0.3 is 12.2 Å². The lowest BCUT2D eigenvalue weighted by Gasteiger charge is -2.39. The van der Waals surface area contributed by atoms with Gasteiger partial charge in [-0.2, -0.15) is 0 Å². The van der Waals surface area contributed by atoms with Crippen LogP contribution < -0.4 is 11.1 Å². The number of aliphatic hydroxyl groups excluding tert-OH is 3. The number of amides is 3. The van der Waals surface area contributed by atoms with Crippen LogP contribution >= 0.6 is 0 Å². The molecule has 14 heteroatoms. The molecule has 2 unspecified atom stereocenters. The van der Waals surface area contributed by atoms with Crippen LogP contribution in [0, 0.1) is 0 Å². The van der Waals surface area contributed by atoms with Crippen LogP contribution in [0.25, 0.3) is 10.8 Å². The first kappa shape index (κ1) is 53.5. The van der Waals surface area contributed by atoms with Gasteiger partial charge in [0.05, 0.1) is 12.7 Å². The number of aryl methyl sites for hydroxylation is 2. The highest BCUT2D eigenvalue weighted by atomic mass is 16.7. The quantitative estimate of drug-likeness (QED) is 0.0305. The molecule has 3 amide bonds. The molecule has 5 aromatic carbocycles. The Balaban J connectivity index is 1.09. The molecule has 5 aromatic rings. The Morgan fingerprint density at radius 1 is 0.714 bits per heavy atom. The number of nitrogens with zero attached hydrogens (tertiary/aromatic N) is 2. The number of benzene rings is 5. The number of aliphatic hydroxyl groups is 3. The van der Waals surface area contributed by atoms with Crippen molar-refractivity contribution in [2.24, 2.45) is 5.73 Å². The zero-order valence-electron chi connectivity index (χ0n) is 40.5. The van der Waals surface area contributed by atoms with Crippen LogP contribution in [0.1, 0.15) is 92.4 Å². The van der Waals surface area contributed by atoms with Gasteiger partial charge in [-0.05, 0) is 91.1 Å². The monoisotopic (exact) mass is 961 g/mol. The number of rotatable bonds is 28. The Bertz CT molecular complexity index is 2320. The summed E-state index contributed by atoms with van der Waals surface area (Å²) in [5.41, 5.74) is 10.8. The van der Waals surface area contributed by atoms with Gasteiger partial charge in [0, 0.05) is 25.2 Å². The number of alkyl carbamates (subject to hydrolysis) is 1. The Morgan fingerprint density at radius 3 is 1.96 bits per heavy atom. The maximum atomic E-state index is 14.1. The molecule has 70 heavy (non-hydrogen) atoms. The van der Waals surface area contributed by atoms with Crippen LogP contribution in [-0.4, -0.2) is 113 Å². The Morgan fingerprint density at radius 2 is 1.31 bits per heavy atom. The predicted octanol–water partition coefficient (Wildman–Crippen LogP) is 7.98. The topological polar surface area (TPSA) is 193 Å². The second kappa shape index (κ2) is 28.7. The zero-order valence-corrected chi connectivity index (χ0v) is 40.5. The van der Waals surface area contributed by atoms with Gasteiger partial charge in [-0.3, -0.25) is 9.69 Å². The first-order valence-electron chi connectivity index (χ1n) is 24.9. The number of hydrogen-bond donors (Lipinski definition) is 5. The maximum absolute atomic E-state index is 14.1. The summed E-state index contributed by atoms with van der Waals surface area (Å²) in [4.78, 5) is 43.2. The maximum Gasteiger partial charge on any atom is 0.410 e. The predicted molar refractivity (Wildman–Crippen MR) is 269 cm³/mol. The number of primary amides is 1. The summed E-state index contributed by atoms with van der Waals surface area (Å²) < 4.78 is 22.9. The highest BCUT2D eigenvalue weighted by molar-refractivity contribution is 5.89. The van der Waals surface area contributed by atoms with Gasteiger partial charge in [-0.1, -0.05) is 154 Å². The SMILES string of the molecule is CCCCCCN(CCCN(C(=O)OCc1ccccc1)C(CCc1ccc(CCCCNC(=O)OCc2ccccc2)c2ccccc12)C(N)=O)C[C@H](O)[C@@H](O)[C@@H]1OC(c2ccccc2)OC[C@H]1O. The highest BCUT2D eigenvalue weighted by Gasteiger charge is 2.40. The molecule has 376 valence electrons. The fourth-order valence-corrected chi connectivity index (χ4v) is 8.94. The second-order valence-electron chi connectivity index (χ2n) is 18.1. The summed E-state index contributed by atoms with van der Waals surface area (Å²) in [6.07, 6.45) is 0.666. The van der Waals surface area contributed by atoms with Crippen molar-refractivity contribution < 1.29 is 48.7 Å². The molecule has 6 rings (SSSR count). The van der Waals surface area contributed by atoms with E-state index < -0.39 is 54.8 Å². The van der Waals surface area contributed by atoms with Gasteiger partial charge < -0.3 is 50.2 Å². The van der Waals surface area contributed by atoms with Crippen molar-refractivity contribution in [1.29, 1.82) is 0 Å². The summed E-state index contributed by atoms with van der Waals surface area (Å²) in [5, 5.41) is 38.7. The standard InChI is InChI=1S/C56H72N4O10/c1-2-3-4-18-34-59(37-49(61)51(63)52-50(62)40-67-54(70-52)45-25-12-7-13-26-45)35-19-36-60(56(66)69-39-42-22-10-6-11-23-42)48(53(57)64)32-31-44-30-29-43(46-27-14-15-28-47(44)46)24-16-17-33-58-55(65)68-38-41-20-8-5-9-21-41/h5-15,20-23,25-30,48-52,54,61-63H,2-4,16-19,24,31-40H2,1H3,(H2,57,64)(H,58,65)/t48?,49-,50+,51+,52+,54?/m0/s1. The molecule has 1 aliphatic rings. The molecule has 0 aliphatic carbocycles. The number of carbonyl (C=O) groups is 3. The summed E-state index contributed by atoms with van der Waals surface area (Å²) in [5.74, 6) is -0.645. The highest BCUT2D eigenvalue weighted by Crippen LogP contribution is 2.30. The molecular formula is C56H72N4O10. The largest absolute Gasteiger partial charge is 0.445 e. The molecule has 0 bridgehead atoms. The number of fused-ring (bicyclic) bond motifs is 1. The number of nitrogens with two attached hydrogens (primary N) is 1. The molecule has 1 heterocycles. The van der Waals surface area contributed by atoms with E-state index in [0.717, 1.165) is 78.0 Å². The van der Waals surface area contributed by atoms with Crippen molar-refractivity contribution in [3.63, 3.8) is 0 Å². The lowest BCUT2D eigenvalue weighted by Crippen LogP contribution is -2.54. The van der Waals surface area contributed by atoms with Gasteiger partial charge in [-0.25, -0.2) is 9.59 Å². The van der Waals surface area contributed by atoms with Gasteiger partial charge in [0.15, 0.2) is 6.29 Å². The summed E-state index contributed by atoms with van der Waals surface area (Å²) in [6, 6.07) is 39.5. The average molecular weight is 961 g/mol. The van der Waals surface area contributed by atoms with E-state index >= 15 is 0 Å². The minimum absolute atomic E-state index is 0.0149. The van der Waals surface area contributed by atoms with E-state index in [1.165, 1.54) is 10.5 Å². The van der Waals surface area contributed by atoms with Crippen molar-refractivity contribution in [2.45, 2.75) is 121 Å². The number of unbranched alkanes of at least 4 members (excludes halogenated alkanes) is 4. The minimum atomic E-state index is -1.41. The van der Waals surface area contributed by atoms with Gasteiger partial charge in [0.1, 0.15) is 37.6 Å². The molecule has 6 N–H and O–H groups in total. The van der Waals surface area contributed by atoms with Crippen LogP contribution in [0.3, 0.4) is 0 Å². The lowest BCUT2D eigenvalue weighted by atomic mass is 9.93. The minimum Gasteiger partial charge on any atom is -0.445 e. The van der Waals surface area contributed by atoms with E-state index in [2.05, 4.69) is 36.5 Å². The number of ether oxygens (including phenoxy) is 4. The van der Waals surface area contributed by atoms with Crippen LogP contribution in [0.15, 0.2) is 127 Å². The molecule has 14 nitrogen and oxygen atoms in total. The third kappa shape index (κ3) is 16.6. The van der Waals surface area contributed by atoms with E-state index in [-0.39, 0.29) is 39.3 Å². The van der Waals surface area contributed by atoms with Crippen molar-refractivity contribution in [3.05, 3.63) is 155 Å². The Labute approximate surface area is 412 Å². The van der Waals surface area contributed by atoms with E-state index in [1.807, 2.05) is 108 Å². The van der Waals surface area contributed by atoms with Crippen molar-refractivity contribution >= 4 is 28.9 Å². The first-order valence-corrected chi connectivity index (χ1v) is 24.9. The molecular weight excluding hydrogens is 889 g/mol. The molecule has 1 fully saturated rings. The normalized spacial score (nSPS) is 17.1. The Hall–Kier alpha value is -5.87. The number of carbonyl (C=O) groups excluding carboxylic acids is 3. The lowest BCUT2D eigenvalue weighted by molar-refractivity contribution is -0.283. The number of hydrogen-bond acceptors (Lipinski definition) is 11. The smallest absolute Gasteiger partial charge is 0.410 e. The molecule has 0 radical (unpaired) electrons. The molecule has 0 spiro atoms. The molecule has 0 aromatic heterocycles. The van der Waals surface area contributed by atoms with Crippen molar-refractivity contribution in [2.75, 3.05) is 39.3 Å². The molecule has 1 aliphatic heterocycles. The van der Waals surface area contributed by atoms with E-state index in [4.69, 9.17) is 24.7 Å². The third-order valence-corrected chi connectivity index (χ3v) is 12.8. The van der Waals surface area contributed by atoms with E-state index in [0.29, 0.717) is 32.5 Å². The zero-order chi connectivity index (χ0) is 49.5. The fourth-order valence-electron chi connectivity index (χ4n) is 8.94. The Kier molecular flexibility index (Phi) is 21.9. The van der Waals surface area contributed by atoms with Gasteiger partial charge in [0.25, 0.3) is 0 Å². The van der Waals surface area contributed by atoms with Crippen LogP contribution in [-0.2, 0) is 49.8 Å². The van der Waals surface area contributed by atoms with Crippen molar-refractivity contribution in [3.8, 4) is 0 Å². The van der Waals surface area contributed by atoms with Gasteiger partial charge in [-0.15, -0.1) is 0 Å². The van der Waals surface area contributed by atoms with E-state index in [9.17, 15) is 29.7 Å². The van der Waals surface area contributed by atoms with Crippen LogP contribution in [0.5, 0.6) is 0 Å². The average Bonchev–Trinajstić information content (AvgIpc) is 3.38. The third-order valence-electron chi connectivity index (χ3n) is 12.8. The summed E-state index contributed by atoms with van der Waals surface area (Å²) in [7, 11) is 0. The van der Waals surface area contributed by atoms with Gasteiger partial charge in [0.2, 0.25) is 5.91 Å². The van der Waals surface area contributed by atoms with Crippen LogP contribution in [0.4, 0.5) is 9.59 Å². The molecule has 1 saturated heterocycles. The van der Waals surface area contributed by atoms with Crippen molar-refractivity contribution in [1.82, 2.24) is 15.1 Å². The first-order chi connectivity index (χ1) is 34.1. The van der Waals surface area contributed by atoms with Crippen LogP contribution in [0.2, 0.25) is 0 Å². The fraction of sp³-hybridized carbons (Fsp3) is 0.446. The molecule has 6 atom stereocenters. The second-order valence-corrected chi connectivity index (χ2v) is 18.1. The van der Waals surface area contributed by atoms with E-state index in [1.54, 1.807) is 0 Å². The summed E-state index contributed by atoms with van der Waals surface area (Å²) in [6.45, 7) is 4.07. The number of nitrogens with one attached hydrogen (secondary N) is 1. The molecule has 0 saturated carbocycles. The summed E-state index contributed by atoms with van der Waals surface area (Å²) >= 11 is 0.